The SMILES string of the molecule is C[C]1[C](C)[C](C)[C](C)[C]1C.C[C]1[C](C)[C](C)[C](C)[C]1C.[U+3].c1ccc([B-](c2ccccc2)(c2ccccc2)c2ccccc2)cc1. The second-order valence-electron chi connectivity index (χ2n) is 12.8. The minimum Gasteiger partial charge on any atom is -0.195 e. The molecule has 11 radical (unpaired) electrons. The first-order chi connectivity index (χ1) is 21.5. The number of benzene rings is 4. The van der Waals surface area contributed by atoms with Crippen LogP contribution in [0.4, 0.5) is 0 Å². The zero-order chi connectivity index (χ0) is 32.7. The molecule has 0 aromatic heterocycles. The van der Waals surface area contributed by atoms with Crippen molar-refractivity contribution in [3.8, 4) is 0 Å². The van der Waals surface area contributed by atoms with Crippen LogP contribution in [0.5, 0.6) is 0 Å². The molecule has 2 aliphatic carbocycles. The fourth-order valence-electron chi connectivity index (χ4n) is 6.93. The maximum Gasteiger partial charge on any atom is 3.00 e. The van der Waals surface area contributed by atoms with Gasteiger partial charge in [-0.2, -0.15) is 21.9 Å². The summed E-state index contributed by atoms with van der Waals surface area (Å²) in [5, 5.41) is 0. The number of hydrogen-bond acceptors (Lipinski definition) is 0. The van der Waals surface area contributed by atoms with Gasteiger partial charge in [0.25, 0.3) is 0 Å². The summed E-state index contributed by atoms with van der Waals surface area (Å²) in [5.74, 6) is 14.7. The molecule has 231 valence electrons. The van der Waals surface area contributed by atoms with E-state index in [4.69, 9.17) is 0 Å². The first kappa shape index (κ1) is 38.4. The van der Waals surface area contributed by atoms with Crippen LogP contribution in [-0.4, -0.2) is 6.15 Å². The number of hydrogen-bond donors (Lipinski definition) is 0. The van der Waals surface area contributed by atoms with E-state index in [9.17, 15) is 0 Å². The van der Waals surface area contributed by atoms with Gasteiger partial charge in [-0.25, -0.2) is 0 Å². The van der Waals surface area contributed by atoms with E-state index in [0.29, 0.717) is 0 Å². The van der Waals surface area contributed by atoms with Gasteiger partial charge in [0, 0.05) is 0 Å². The van der Waals surface area contributed by atoms with Crippen LogP contribution in [-0.2, 0) is 0 Å². The van der Waals surface area contributed by atoms with Crippen molar-refractivity contribution in [1.82, 2.24) is 0 Å². The summed E-state index contributed by atoms with van der Waals surface area (Å²) in [5.41, 5.74) is 5.36. The largest absolute Gasteiger partial charge is 3.00 e. The molecule has 2 aliphatic rings. The van der Waals surface area contributed by atoms with E-state index < -0.39 is 6.15 Å². The third-order valence-electron chi connectivity index (χ3n) is 10.8. The molecule has 0 spiro atoms. The average Bonchev–Trinajstić information content (AvgIpc) is 3.37. The Morgan fingerprint density at radius 3 is 0.500 bits per heavy atom. The molecule has 2 heteroatoms. The Labute approximate surface area is 306 Å². The summed E-state index contributed by atoms with van der Waals surface area (Å²) < 4.78 is 0. The fourth-order valence-corrected chi connectivity index (χ4v) is 6.93. The van der Waals surface area contributed by atoms with Crippen molar-refractivity contribution in [1.29, 1.82) is 0 Å². The molecule has 46 heavy (non-hydrogen) atoms. The molecule has 4 aromatic carbocycles. The molecule has 2 saturated carbocycles. The van der Waals surface area contributed by atoms with Gasteiger partial charge in [-0.1, -0.05) is 191 Å². The second kappa shape index (κ2) is 17.4. The van der Waals surface area contributed by atoms with E-state index in [1.54, 1.807) is 0 Å². The van der Waals surface area contributed by atoms with Crippen molar-refractivity contribution < 1.29 is 31.1 Å². The normalized spacial score (nSPS) is 18.5. The predicted octanol–water partition coefficient (Wildman–Crippen LogP) is 9.01. The zero-order valence-corrected chi connectivity index (χ0v) is 33.8. The Kier molecular flexibility index (Phi) is 14.6. The van der Waals surface area contributed by atoms with Gasteiger partial charge in [0.15, 0.2) is 0 Å². The maximum absolute atomic E-state index is 2.26. The standard InChI is InChI=1S/C24H20B.2C10H15.U/c1-5-13-21(14-6-1)25(22-15-7-2-8-16-22,23-17-9-3-10-18-23)24-19-11-4-12-20-24;2*1-6-7(2)9(4)10(5)8(6)3;/h1-20H;2*1-5H3;/q-1;;;+3. The van der Waals surface area contributed by atoms with Crippen LogP contribution >= 0.6 is 0 Å². The number of rotatable bonds is 4. The Hall–Kier alpha value is -2.00. The summed E-state index contributed by atoms with van der Waals surface area (Å²) in [6.07, 6.45) is -1.22. The first-order valence-electron chi connectivity index (χ1n) is 16.3. The van der Waals surface area contributed by atoms with Crippen LogP contribution in [0.15, 0.2) is 121 Å². The summed E-state index contributed by atoms with van der Waals surface area (Å²) in [7, 11) is 0. The van der Waals surface area contributed by atoms with Crippen LogP contribution in [0.3, 0.4) is 0 Å². The molecule has 0 bridgehead atoms. The monoisotopic (exact) mass is 827 g/mol. The van der Waals surface area contributed by atoms with Gasteiger partial charge >= 0.3 is 31.1 Å². The third-order valence-corrected chi connectivity index (χ3v) is 10.8. The summed E-state index contributed by atoms with van der Waals surface area (Å²) in [4.78, 5) is 0. The Morgan fingerprint density at radius 1 is 0.239 bits per heavy atom. The molecule has 0 atom stereocenters. The molecule has 4 aromatic rings. The zero-order valence-electron chi connectivity index (χ0n) is 29.6. The van der Waals surface area contributed by atoms with Crippen molar-refractivity contribution in [2.75, 3.05) is 0 Å². The Morgan fingerprint density at radius 2 is 0.370 bits per heavy atom. The van der Waals surface area contributed by atoms with Gasteiger partial charge < -0.3 is 0 Å². The topological polar surface area (TPSA) is 0 Å². The molecular weight excluding hydrogens is 777 g/mol. The van der Waals surface area contributed by atoms with Gasteiger partial charge in [0.2, 0.25) is 0 Å². The molecule has 0 aliphatic heterocycles. The fraction of sp³-hybridized carbons (Fsp3) is 0.227. The van der Waals surface area contributed by atoms with Crippen LogP contribution in [0.1, 0.15) is 69.2 Å². The summed E-state index contributed by atoms with van der Waals surface area (Å²) >= 11 is 0. The molecular formula is C44H50BU+2. The van der Waals surface area contributed by atoms with Gasteiger partial charge in [0.05, 0.1) is 0 Å². The summed E-state index contributed by atoms with van der Waals surface area (Å²) in [6, 6.07) is 43.5. The van der Waals surface area contributed by atoms with Crippen LogP contribution in [0, 0.1) is 90.3 Å². The van der Waals surface area contributed by atoms with Crippen LogP contribution < -0.4 is 21.9 Å². The summed E-state index contributed by atoms with van der Waals surface area (Å²) in [6.45, 7) is 22.0. The quantitative estimate of drug-likeness (QED) is 0.180. The van der Waals surface area contributed by atoms with Gasteiger partial charge in [0.1, 0.15) is 6.15 Å². The van der Waals surface area contributed by atoms with Crippen molar-refractivity contribution in [3.63, 3.8) is 0 Å². The van der Waals surface area contributed by atoms with Gasteiger partial charge in [-0.15, -0.1) is 0 Å². The van der Waals surface area contributed by atoms with Crippen molar-refractivity contribution in [2.45, 2.75) is 69.2 Å². The molecule has 2 fully saturated rings. The Bertz CT molecular complexity index is 1120. The molecule has 0 saturated heterocycles. The van der Waals surface area contributed by atoms with Gasteiger partial charge in [-0.05, 0) is 59.2 Å². The van der Waals surface area contributed by atoms with Crippen LogP contribution in [0.2, 0.25) is 0 Å². The van der Waals surface area contributed by atoms with Crippen LogP contribution in [0.25, 0.3) is 0 Å². The van der Waals surface area contributed by atoms with E-state index in [1.807, 2.05) is 0 Å². The predicted molar refractivity (Wildman–Crippen MR) is 199 cm³/mol. The molecule has 6 rings (SSSR count). The molecule has 0 N–H and O–H groups in total. The average molecular weight is 828 g/mol. The molecule has 0 unspecified atom stereocenters. The van der Waals surface area contributed by atoms with E-state index in [2.05, 4.69) is 191 Å². The van der Waals surface area contributed by atoms with Crippen molar-refractivity contribution in [3.05, 3.63) is 181 Å². The van der Waals surface area contributed by atoms with E-state index in [-0.39, 0.29) is 31.1 Å². The second-order valence-corrected chi connectivity index (χ2v) is 12.8. The molecule has 0 heterocycles. The van der Waals surface area contributed by atoms with Gasteiger partial charge in [-0.3, -0.25) is 0 Å². The van der Waals surface area contributed by atoms with Crippen molar-refractivity contribution in [2.24, 2.45) is 0 Å². The smallest absolute Gasteiger partial charge is 0.195 e. The Balaban J connectivity index is 0.000000227. The minimum absolute atomic E-state index is 0. The van der Waals surface area contributed by atoms with E-state index in [0.717, 1.165) is 0 Å². The molecule has 0 amide bonds. The minimum atomic E-state index is -1.22. The third kappa shape index (κ3) is 7.99. The van der Waals surface area contributed by atoms with E-state index >= 15 is 0 Å². The van der Waals surface area contributed by atoms with E-state index in [1.165, 1.54) is 81.0 Å². The maximum atomic E-state index is 2.26. The molecule has 0 nitrogen and oxygen atoms in total. The first-order valence-corrected chi connectivity index (χ1v) is 16.3. The van der Waals surface area contributed by atoms with Crippen molar-refractivity contribution >= 4 is 28.0 Å².